The molecule has 1 aromatic heterocycles. The van der Waals surface area contributed by atoms with Crippen LogP contribution in [0, 0.1) is 6.92 Å². The number of amides is 3. The number of hydrogen-bond donors (Lipinski definition) is 1. The predicted octanol–water partition coefficient (Wildman–Crippen LogP) is 2.79. The van der Waals surface area contributed by atoms with Crippen molar-refractivity contribution in [3.05, 3.63) is 42.2 Å². The molecule has 2 saturated heterocycles. The van der Waals surface area contributed by atoms with Crippen molar-refractivity contribution in [2.45, 2.75) is 35.9 Å². The van der Waals surface area contributed by atoms with E-state index in [2.05, 4.69) is 15.3 Å². The molecule has 2 aliphatic rings. The molecule has 8 nitrogen and oxygen atoms in total. The van der Waals surface area contributed by atoms with Crippen molar-refractivity contribution in [1.82, 2.24) is 19.8 Å². The summed E-state index contributed by atoms with van der Waals surface area (Å²) in [6, 6.07) is 7.49. The lowest BCUT2D eigenvalue weighted by Crippen LogP contribution is -2.53. The molecule has 1 N–H and O–H groups in total. The number of piperazine rings is 1. The molecule has 158 valence electrons. The maximum Gasteiger partial charge on any atom is 0.321 e. The third-order valence-corrected chi connectivity index (χ3v) is 6.16. The zero-order chi connectivity index (χ0) is 20.9. The molecule has 0 aliphatic carbocycles. The molecule has 9 heteroatoms. The maximum atomic E-state index is 12.7. The maximum absolute atomic E-state index is 12.7. The van der Waals surface area contributed by atoms with Gasteiger partial charge in [0.25, 0.3) is 5.91 Å². The highest BCUT2D eigenvalue weighted by Gasteiger charge is 2.31. The summed E-state index contributed by atoms with van der Waals surface area (Å²) in [5.41, 5.74) is 1.74. The van der Waals surface area contributed by atoms with Crippen molar-refractivity contribution in [2.75, 3.05) is 38.1 Å². The molecule has 2 fully saturated rings. The number of aromatic nitrogens is 2. The Bertz CT molecular complexity index is 897. The first-order valence-corrected chi connectivity index (χ1v) is 10.9. The molecule has 30 heavy (non-hydrogen) atoms. The van der Waals surface area contributed by atoms with Crippen molar-refractivity contribution in [3.63, 3.8) is 0 Å². The Morgan fingerprint density at radius 1 is 1.13 bits per heavy atom. The second-order valence-electron chi connectivity index (χ2n) is 7.35. The Morgan fingerprint density at radius 3 is 2.53 bits per heavy atom. The van der Waals surface area contributed by atoms with Crippen LogP contribution in [-0.4, -0.2) is 70.6 Å². The van der Waals surface area contributed by atoms with Crippen molar-refractivity contribution in [2.24, 2.45) is 0 Å². The fourth-order valence-electron chi connectivity index (χ4n) is 3.58. The fraction of sp³-hybridized carbons (Fsp3) is 0.429. The monoisotopic (exact) mass is 427 g/mol. The van der Waals surface area contributed by atoms with Gasteiger partial charge in [0.2, 0.25) is 0 Å². The molecule has 1 unspecified atom stereocenters. The van der Waals surface area contributed by atoms with Crippen LogP contribution >= 0.6 is 11.8 Å². The van der Waals surface area contributed by atoms with Crippen LogP contribution in [0.5, 0.6) is 0 Å². The standard InChI is InChI=1S/C21H25N5O3S/c1-15-14-16(30-20-22-7-3-8-23-20)5-6-17(15)24-21(28)26-11-9-25(10-12-26)19(27)18-4-2-13-29-18/h3,5-8,14,18H,2,4,9-13H2,1H3,(H,24,28). The number of rotatable bonds is 4. The number of aryl methyl sites for hydroxylation is 1. The Hall–Kier alpha value is -2.65. The molecular weight excluding hydrogens is 402 g/mol. The van der Waals surface area contributed by atoms with E-state index in [1.807, 2.05) is 30.0 Å². The average molecular weight is 428 g/mol. The summed E-state index contributed by atoms with van der Waals surface area (Å²) in [5, 5.41) is 3.67. The first-order chi connectivity index (χ1) is 14.6. The summed E-state index contributed by atoms with van der Waals surface area (Å²) in [6.45, 7) is 4.73. The zero-order valence-electron chi connectivity index (χ0n) is 16.9. The lowest BCUT2D eigenvalue weighted by molar-refractivity contribution is -0.142. The van der Waals surface area contributed by atoms with E-state index in [9.17, 15) is 9.59 Å². The Kier molecular flexibility index (Phi) is 6.49. The summed E-state index contributed by atoms with van der Waals surface area (Å²) >= 11 is 1.48. The molecule has 3 heterocycles. The van der Waals surface area contributed by atoms with Crippen molar-refractivity contribution in [3.8, 4) is 0 Å². The Balaban J connectivity index is 1.30. The van der Waals surface area contributed by atoms with Gasteiger partial charge in [0.15, 0.2) is 5.16 Å². The smallest absolute Gasteiger partial charge is 0.321 e. The van der Waals surface area contributed by atoms with Gasteiger partial charge in [-0.25, -0.2) is 14.8 Å². The van der Waals surface area contributed by atoms with Gasteiger partial charge in [-0.05, 0) is 61.4 Å². The molecule has 0 spiro atoms. The van der Waals surface area contributed by atoms with E-state index in [0.717, 1.165) is 29.0 Å². The lowest BCUT2D eigenvalue weighted by atomic mass is 10.2. The molecule has 2 aliphatic heterocycles. The van der Waals surface area contributed by atoms with Crippen LogP contribution in [0.2, 0.25) is 0 Å². The fourth-order valence-corrected chi connectivity index (χ4v) is 4.39. The molecule has 0 saturated carbocycles. The minimum Gasteiger partial charge on any atom is -0.368 e. The van der Waals surface area contributed by atoms with E-state index in [1.165, 1.54) is 11.8 Å². The SMILES string of the molecule is Cc1cc(Sc2ncccn2)ccc1NC(=O)N1CCN(C(=O)C2CCCO2)CC1. The van der Waals surface area contributed by atoms with Crippen LogP contribution in [0.4, 0.5) is 10.5 Å². The summed E-state index contributed by atoms with van der Waals surface area (Å²) in [4.78, 5) is 38.1. The van der Waals surface area contributed by atoms with E-state index >= 15 is 0 Å². The summed E-state index contributed by atoms with van der Waals surface area (Å²) in [6.07, 6.45) is 4.86. The van der Waals surface area contributed by atoms with E-state index in [0.29, 0.717) is 37.9 Å². The topological polar surface area (TPSA) is 87.7 Å². The quantitative estimate of drug-likeness (QED) is 0.755. The van der Waals surface area contributed by atoms with E-state index in [1.54, 1.807) is 23.4 Å². The molecular formula is C21H25N5O3S. The van der Waals surface area contributed by atoms with Crippen LogP contribution in [0.15, 0.2) is 46.7 Å². The molecule has 2 aromatic rings. The van der Waals surface area contributed by atoms with Gasteiger partial charge < -0.3 is 19.9 Å². The van der Waals surface area contributed by atoms with Crippen LogP contribution in [0.25, 0.3) is 0 Å². The molecule has 0 radical (unpaired) electrons. The van der Waals surface area contributed by atoms with Crippen molar-refractivity contribution < 1.29 is 14.3 Å². The van der Waals surface area contributed by atoms with Gasteiger partial charge >= 0.3 is 6.03 Å². The van der Waals surface area contributed by atoms with Crippen LogP contribution in [0.1, 0.15) is 18.4 Å². The molecule has 1 atom stereocenters. The molecule has 0 bridgehead atoms. The summed E-state index contributed by atoms with van der Waals surface area (Å²) in [7, 11) is 0. The number of carbonyl (C=O) groups is 2. The first kappa shape index (κ1) is 20.6. The first-order valence-electron chi connectivity index (χ1n) is 10.1. The number of nitrogens with zero attached hydrogens (tertiary/aromatic N) is 4. The van der Waals surface area contributed by atoms with E-state index in [-0.39, 0.29) is 18.0 Å². The minimum absolute atomic E-state index is 0.0545. The number of anilines is 1. The normalized spacial score (nSPS) is 19.0. The van der Waals surface area contributed by atoms with Gasteiger partial charge in [-0.2, -0.15) is 0 Å². The number of nitrogens with one attached hydrogen (secondary N) is 1. The highest BCUT2D eigenvalue weighted by atomic mass is 32.2. The molecule has 4 rings (SSSR count). The summed E-state index contributed by atoms with van der Waals surface area (Å²) < 4.78 is 5.49. The van der Waals surface area contributed by atoms with Crippen LogP contribution in [0.3, 0.4) is 0 Å². The largest absolute Gasteiger partial charge is 0.368 e. The Labute approximate surface area is 180 Å². The minimum atomic E-state index is -0.300. The Morgan fingerprint density at radius 2 is 1.87 bits per heavy atom. The number of carbonyl (C=O) groups excluding carboxylic acids is 2. The van der Waals surface area contributed by atoms with E-state index < -0.39 is 0 Å². The second-order valence-corrected chi connectivity index (χ2v) is 8.39. The van der Waals surface area contributed by atoms with Gasteiger partial charge in [-0.15, -0.1) is 0 Å². The van der Waals surface area contributed by atoms with Gasteiger partial charge in [0.05, 0.1) is 0 Å². The lowest BCUT2D eigenvalue weighted by Gasteiger charge is -2.35. The number of urea groups is 1. The number of ether oxygens (including phenoxy) is 1. The predicted molar refractivity (Wildman–Crippen MR) is 113 cm³/mol. The summed E-state index contributed by atoms with van der Waals surface area (Å²) in [5.74, 6) is 0.0545. The zero-order valence-corrected chi connectivity index (χ0v) is 17.7. The molecule has 3 amide bonds. The van der Waals surface area contributed by atoms with E-state index in [4.69, 9.17) is 4.74 Å². The van der Waals surface area contributed by atoms with Gasteiger partial charge in [-0.1, -0.05) is 0 Å². The van der Waals surface area contributed by atoms with Crippen LogP contribution in [-0.2, 0) is 9.53 Å². The number of benzene rings is 1. The van der Waals surface area contributed by atoms with Gasteiger partial charge in [0, 0.05) is 55.8 Å². The molecule has 1 aromatic carbocycles. The third-order valence-electron chi connectivity index (χ3n) is 5.27. The highest BCUT2D eigenvalue weighted by Crippen LogP contribution is 2.28. The second kappa shape index (κ2) is 9.44. The number of hydrogen-bond acceptors (Lipinski definition) is 6. The third kappa shape index (κ3) is 4.91. The van der Waals surface area contributed by atoms with Crippen molar-refractivity contribution in [1.29, 1.82) is 0 Å². The highest BCUT2D eigenvalue weighted by molar-refractivity contribution is 7.99. The average Bonchev–Trinajstić information content (AvgIpc) is 3.31. The van der Waals surface area contributed by atoms with Crippen molar-refractivity contribution >= 4 is 29.4 Å². The van der Waals surface area contributed by atoms with Crippen LogP contribution < -0.4 is 5.32 Å². The van der Waals surface area contributed by atoms with Gasteiger partial charge in [0.1, 0.15) is 6.10 Å². The van der Waals surface area contributed by atoms with Gasteiger partial charge in [-0.3, -0.25) is 4.79 Å².